The number of hydrogen-bond acceptors (Lipinski definition) is 4. The molecule has 1 fully saturated rings. The molecule has 0 aliphatic heterocycles. The molecule has 1 heterocycles. The van der Waals surface area contributed by atoms with Gasteiger partial charge in [-0.05, 0) is 25.8 Å². The number of hydrogen-bond donors (Lipinski definition) is 3. The summed E-state index contributed by atoms with van der Waals surface area (Å²) < 4.78 is 0. The highest BCUT2D eigenvalue weighted by Gasteiger charge is 2.28. The van der Waals surface area contributed by atoms with E-state index in [2.05, 4.69) is 5.32 Å². The van der Waals surface area contributed by atoms with E-state index in [9.17, 15) is 9.90 Å². The fraction of sp³-hybridized carbons (Fsp3) is 0.583. The van der Waals surface area contributed by atoms with Gasteiger partial charge in [-0.2, -0.15) is 0 Å². The summed E-state index contributed by atoms with van der Waals surface area (Å²) >= 11 is 1.42. The second-order valence-electron chi connectivity index (χ2n) is 4.58. The van der Waals surface area contributed by atoms with Gasteiger partial charge in [0.2, 0.25) is 0 Å². The molecule has 1 aliphatic carbocycles. The number of carbonyl (C=O) groups excluding carboxylic acids is 1. The molecule has 5 heteroatoms. The number of amides is 1. The van der Waals surface area contributed by atoms with Gasteiger partial charge in [0.25, 0.3) is 5.91 Å². The third kappa shape index (κ3) is 2.61. The Bertz CT molecular complexity index is 397. The molecule has 2 unspecified atom stereocenters. The fourth-order valence-corrected chi connectivity index (χ4v) is 3.14. The lowest BCUT2D eigenvalue weighted by Gasteiger charge is -2.18. The van der Waals surface area contributed by atoms with Crippen LogP contribution in [0.1, 0.15) is 33.8 Å². The maximum absolute atomic E-state index is 12.0. The Balaban J connectivity index is 2.01. The largest absolute Gasteiger partial charge is 0.398 e. The van der Waals surface area contributed by atoms with Gasteiger partial charge in [0.15, 0.2) is 0 Å². The minimum absolute atomic E-state index is 0.0693. The maximum Gasteiger partial charge on any atom is 0.261 e. The van der Waals surface area contributed by atoms with Gasteiger partial charge >= 0.3 is 0 Å². The molecule has 17 heavy (non-hydrogen) atoms. The van der Waals surface area contributed by atoms with Crippen LogP contribution >= 0.6 is 11.3 Å². The molecule has 4 nitrogen and oxygen atoms in total. The number of aliphatic hydroxyl groups excluding tert-OH is 1. The van der Waals surface area contributed by atoms with Crippen molar-refractivity contribution in [2.24, 2.45) is 5.92 Å². The van der Waals surface area contributed by atoms with Crippen molar-refractivity contribution < 1.29 is 9.90 Å². The number of carbonyl (C=O) groups is 1. The molecule has 0 radical (unpaired) electrons. The summed E-state index contributed by atoms with van der Waals surface area (Å²) in [5.41, 5.74) is 6.40. The van der Waals surface area contributed by atoms with Crippen molar-refractivity contribution in [3.8, 4) is 0 Å². The van der Waals surface area contributed by atoms with Gasteiger partial charge in [0.1, 0.15) is 0 Å². The molecule has 0 saturated heterocycles. The van der Waals surface area contributed by atoms with Gasteiger partial charge in [-0.3, -0.25) is 4.79 Å². The van der Waals surface area contributed by atoms with E-state index < -0.39 is 0 Å². The Labute approximate surface area is 105 Å². The summed E-state index contributed by atoms with van der Waals surface area (Å²) in [6.45, 7) is 2.05. The predicted molar refractivity (Wildman–Crippen MR) is 69.1 cm³/mol. The van der Waals surface area contributed by atoms with Gasteiger partial charge in [-0.1, -0.05) is 6.42 Å². The molecule has 1 amide bonds. The number of thiophene rings is 1. The molecule has 1 saturated carbocycles. The summed E-state index contributed by atoms with van der Waals surface area (Å²) in [6, 6.07) is 1.83. The molecular weight excluding hydrogens is 236 g/mol. The van der Waals surface area contributed by atoms with Gasteiger partial charge in [0, 0.05) is 29.1 Å². The molecule has 1 aliphatic rings. The monoisotopic (exact) mass is 254 g/mol. The summed E-state index contributed by atoms with van der Waals surface area (Å²) in [5, 5.41) is 12.2. The quantitative estimate of drug-likeness (QED) is 0.765. The van der Waals surface area contributed by atoms with Crippen molar-refractivity contribution >= 4 is 22.9 Å². The minimum Gasteiger partial charge on any atom is -0.398 e. The number of nitrogens with two attached hydrogens (primary N) is 1. The Morgan fingerprint density at radius 1 is 1.65 bits per heavy atom. The first-order valence-corrected chi connectivity index (χ1v) is 6.71. The lowest BCUT2D eigenvalue weighted by atomic mass is 10.1. The van der Waals surface area contributed by atoms with Gasteiger partial charge in [-0.15, -0.1) is 11.3 Å². The fourth-order valence-electron chi connectivity index (χ4n) is 2.29. The van der Waals surface area contributed by atoms with E-state index in [1.165, 1.54) is 11.3 Å². The van der Waals surface area contributed by atoms with Crippen LogP contribution in [0.15, 0.2) is 6.07 Å². The van der Waals surface area contributed by atoms with Gasteiger partial charge < -0.3 is 16.2 Å². The molecule has 1 aromatic heterocycles. The van der Waals surface area contributed by atoms with E-state index in [1.807, 2.05) is 6.92 Å². The lowest BCUT2D eigenvalue weighted by molar-refractivity contribution is 0.0920. The second kappa shape index (κ2) is 5.06. The Morgan fingerprint density at radius 3 is 3.00 bits per heavy atom. The first kappa shape index (κ1) is 12.4. The highest BCUT2D eigenvalue weighted by molar-refractivity contribution is 7.14. The van der Waals surface area contributed by atoms with Crippen molar-refractivity contribution in [3.05, 3.63) is 15.8 Å². The minimum atomic E-state index is -0.0693. The zero-order chi connectivity index (χ0) is 12.4. The molecule has 94 valence electrons. The highest BCUT2D eigenvalue weighted by atomic mass is 32.1. The van der Waals surface area contributed by atoms with E-state index >= 15 is 0 Å². The van der Waals surface area contributed by atoms with E-state index in [0.29, 0.717) is 10.6 Å². The van der Waals surface area contributed by atoms with Crippen LogP contribution in [0.3, 0.4) is 0 Å². The van der Waals surface area contributed by atoms with Crippen molar-refractivity contribution in [3.63, 3.8) is 0 Å². The molecule has 2 rings (SSSR count). The second-order valence-corrected chi connectivity index (χ2v) is 5.83. The van der Waals surface area contributed by atoms with Crippen LogP contribution in [0.5, 0.6) is 0 Å². The zero-order valence-corrected chi connectivity index (χ0v) is 10.7. The molecule has 0 bridgehead atoms. The SMILES string of the molecule is Cc1sc(C(=O)NC2CCCC2CO)cc1N. The molecule has 0 aromatic carbocycles. The Hall–Kier alpha value is -1.07. The molecular formula is C12H18N2O2S. The number of nitrogens with one attached hydrogen (secondary N) is 1. The molecule has 0 spiro atoms. The first-order valence-electron chi connectivity index (χ1n) is 5.89. The van der Waals surface area contributed by atoms with E-state index in [0.717, 1.165) is 24.1 Å². The average Bonchev–Trinajstić information content (AvgIpc) is 2.86. The standard InChI is InChI=1S/C12H18N2O2S/c1-7-9(13)5-11(17-7)12(16)14-10-4-2-3-8(10)6-15/h5,8,10,15H,2-4,6,13H2,1H3,(H,14,16). The topological polar surface area (TPSA) is 75.3 Å². The summed E-state index contributed by atoms with van der Waals surface area (Å²) in [5.74, 6) is 0.137. The highest BCUT2D eigenvalue weighted by Crippen LogP contribution is 2.27. The smallest absolute Gasteiger partial charge is 0.261 e. The van der Waals surface area contributed by atoms with Crippen molar-refractivity contribution in [2.75, 3.05) is 12.3 Å². The normalized spacial score (nSPS) is 23.9. The van der Waals surface area contributed by atoms with Crippen LogP contribution in [0.2, 0.25) is 0 Å². The van der Waals surface area contributed by atoms with E-state index in [4.69, 9.17) is 5.73 Å². The van der Waals surface area contributed by atoms with Gasteiger partial charge in [-0.25, -0.2) is 0 Å². The number of aliphatic hydroxyl groups is 1. The molecule has 1 aromatic rings. The van der Waals surface area contributed by atoms with Gasteiger partial charge in [0.05, 0.1) is 4.88 Å². The van der Waals surface area contributed by atoms with Crippen molar-refractivity contribution in [1.82, 2.24) is 5.32 Å². The summed E-state index contributed by atoms with van der Waals surface area (Å²) in [7, 11) is 0. The third-order valence-electron chi connectivity index (χ3n) is 3.39. The average molecular weight is 254 g/mol. The van der Waals surface area contributed by atoms with E-state index in [1.54, 1.807) is 6.07 Å². The predicted octanol–water partition coefficient (Wildman–Crippen LogP) is 1.53. The van der Waals surface area contributed by atoms with Crippen LogP contribution in [0, 0.1) is 12.8 Å². The number of nitrogen functional groups attached to an aromatic ring is 1. The van der Waals surface area contributed by atoms with E-state index in [-0.39, 0.29) is 24.5 Å². The lowest BCUT2D eigenvalue weighted by Crippen LogP contribution is -2.38. The van der Waals surface area contributed by atoms with Crippen LogP contribution in [-0.4, -0.2) is 23.7 Å². The maximum atomic E-state index is 12.0. The molecule has 4 N–H and O–H groups in total. The first-order chi connectivity index (χ1) is 8.11. The van der Waals surface area contributed by atoms with Crippen LogP contribution < -0.4 is 11.1 Å². The Kier molecular flexibility index (Phi) is 3.69. The van der Waals surface area contributed by atoms with Crippen molar-refractivity contribution in [2.45, 2.75) is 32.2 Å². The number of anilines is 1. The number of aryl methyl sites for hydroxylation is 1. The van der Waals surface area contributed by atoms with Crippen LogP contribution in [-0.2, 0) is 0 Å². The van der Waals surface area contributed by atoms with Crippen molar-refractivity contribution in [1.29, 1.82) is 0 Å². The van der Waals surface area contributed by atoms with Crippen LogP contribution in [0.25, 0.3) is 0 Å². The zero-order valence-electron chi connectivity index (χ0n) is 9.90. The molecule has 2 atom stereocenters. The third-order valence-corrected chi connectivity index (χ3v) is 4.46. The Morgan fingerprint density at radius 2 is 2.41 bits per heavy atom. The summed E-state index contributed by atoms with van der Waals surface area (Å²) in [4.78, 5) is 13.6. The van der Waals surface area contributed by atoms with Crippen LogP contribution in [0.4, 0.5) is 5.69 Å². The summed E-state index contributed by atoms with van der Waals surface area (Å²) in [6.07, 6.45) is 3.02. The number of rotatable bonds is 3.